The fourth-order valence-corrected chi connectivity index (χ4v) is 5.17. The summed E-state index contributed by atoms with van der Waals surface area (Å²) in [5.41, 5.74) is 1.09. The number of carbonyl (C=O) groups is 2. The lowest BCUT2D eigenvalue weighted by Crippen LogP contribution is -2.53. The minimum atomic E-state index is -4.01. The van der Waals surface area contributed by atoms with Gasteiger partial charge in [-0.25, -0.2) is 12.8 Å². The molecular weight excluding hydrogens is 549 g/mol. The third-order valence-corrected chi connectivity index (χ3v) is 7.58. The van der Waals surface area contributed by atoms with E-state index in [1.165, 1.54) is 49.5 Å². The average molecular weight is 586 g/mol. The monoisotopic (exact) mass is 585 g/mol. The van der Waals surface area contributed by atoms with Gasteiger partial charge in [0.25, 0.3) is 0 Å². The number of amides is 2. The fraction of sp³-hybridized carbons (Fsp3) is 0.333. The van der Waals surface area contributed by atoms with E-state index in [1.54, 1.807) is 12.1 Å². The Morgan fingerprint density at radius 1 is 0.976 bits per heavy atom. The molecule has 3 rings (SSSR count). The molecule has 0 fully saturated rings. The van der Waals surface area contributed by atoms with Crippen LogP contribution in [0, 0.1) is 5.82 Å². The van der Waals surface area contributed by atoms with Crippen LogP contribution in [0.5, 0.6) is 11.5 Å². The summed E-state index contributed by atoms with van der Waals surface area (Å²) in [6, 6.07) is 18.6. The Bertz CT molecular complexity index is 1440. The molecule has 0 saturated carbocycles. The van der Waals surface area contributed by atoms with Crippen LogP contribution < -0.4 is 19.1 Å². The summed E-state index contributed by atoms with van der Waals surface area (Å²) in [5.74, 6) is -1.06. The first-order valence-corrected chi connectivity index (χ1v) is 15.0. The van der Waals surface area contributed by atoms with Crippen LogP contribution in [0.25, 0.3) is 0 Å². The summed E-state index contributed by atoms with van der Waals surface area (Å²) < 4.78 is 52.3. The van der Waals surface area contributed by atoms with Crippen LogP contribution in [-0.2, 0) is 32.6 Å². The van der Waals surface area contributed by atoms with Crippen molar-refractivity contribution in [2.45, 2.75) is 32.4 Å². The van der Waals surface area contributed by atoms with Crippen molar-refractivity contribution < 1.29 is 31.9 Å². The summed E-state index contributed by atoms with van der Waals surface area (Å²) in [4.78, 5) is 28.8. The molecule has 0 radical (unpaired) electrons. The van der Waals surface area contributed by atoms with Gasteiger partial charge < -0.3 is 19.7 Å². The highest BCUT2D eigenvalue weighted by atomic mass is 32.2. The van der Waals surface area contributed by atoms with E-state index in [2.05, 4.69) is 5.32 Å². The molecule has 0 heterocycles. The second kappa shape index (κ2) is 14.5. The number of nitrogens with zero attached hydrogens (tertiary/aromatic N) is 2. The molecule has 11 heteroatoms. The van der Waals surface area contributed by atoms with E-state index < -0.39 is 40.2 Å². The Balaban J connectivity index is 2.09. The molecule has 1 N–H and O–H groups in total. The maximum atomic E-state index is 14.8. The normalized spacial score (nSPS) is 11.8. The number of hydrogen-bond donors (Lipinski definition) is 1. The number of rotatable bonds is 14. The van der Waals surface area contributed by atoms with Crippen LogP contribution >= 0.6 is 0 Å². The maximum absolute atomic E-state index is 14.8. The highest BCUT2D eigenvalue weighted by Gasteiger charge is 2.34. The van der Waals surface area contributed by atoms with E-state index in [0.717, 1.165) is 16.1 Å². The molecule has 1 atom stereocenters. The molecule has 0 aromatic heterocycles. The highest BCUT2D eigenvalue weighted by molar-refractivity contribution is 7.92. The Labute approximate surface area is 240 Å². The van der Waals surface area contributed by atoms with Gasteiger partial charge in [-0.3, -0.25) is 13.9 Å². The van der Waals surface area contributed by atoms with E-state index in [-0.39, 0.29) is 30.0 Å². The van der Waals surface area contributed by atoms with Gasteiger partial charge in [-0.05, 0) is 30.2 Å². The lowest BCUT2D eigenvalue weighted by molar-refractivity contribution is -0.140. The molecule has 0 bridgehead atoms. The van der Waals surface area contributed by atoms with Crippen molar-refractivity contribution in [3.8, 4) is 11.5 Å². The van der Waals surface area contributed by atoms with Gasteiger partial charge >= 0.3 is 0 Å². The largest absolute Gasteiger partial charge is 0.497 e. The SMILES string of the molecule is CCCNC(=O)C(Cc1ccccc1)N(Cc1ccccc1F)C(=O)CN(c1ccc(OC)cc1OC)S(C)(=O)=O. The van der Waals surface area contributed by atoms with Crippen molar-refractivity contribution in [2.75, 3.05) is 37.9 Å². The Morgan fingerprint density at radius 3 is 2.27 bits per heavy atom. The van der Waals surface area contributed by atoms with Crippen LogP contribution in [0.2, 0.25) is 0 Å². The Kier molecular flexibility index (Phi) is 11.1. The van der Waals surface area contributed by atoms with E-state index in [1.807, 2.05) is 37.3 Å². The fourth-order valence-electron chi connectivity index (χ4n) is 4.32. The molecule has 0 saturated heterocycles. The van der Waals surface area contributed by atoms with Gasteiger partial charge in [-0.15, -0.1) is 0 Å². The number of carbonyl (C=O) groups excluding carboxylic acids is 2. The van der Waals surface area contributed by atoms with Gasteiger partial charge in [0.2, 0.25) is 21.8 Å². The Hall–Kier alpha value is -4.12. The van der Waals surface area contributed by atoms with E-state index in [4.69, 9.17) is 9.47 Å². The van der Waals surface area contributed by atoms with Crippen molar-refractivity contribution in [2.24, 2.45) is 0 Å². The molecule has 0 aliphatic carbocycles. The third-order valence-electron chi connectivity index (χ3n) is 6.45. The van der Waals surface area contributed by atoms with Crippen molar-refractivity contribution >= 4 is 27.5 Å². The second-order valence-electron chi connectivity index (χ2n) is 9.42. The molecule has 3 aromatic rings. The number of sulfonamides is 1. The molecule has 9 nitrogen and oxygen atoms in total. The summed E-state index contributed by atoms with van der Waals surface area (Å²) in [5, 5.41) is 2.84. The highest BCUT2D eigenvalue weighted by Crippen LogP contribution is 2.34. The zero-order valence-electron chi connectivity index (χ0n) is 23.7. The zero-order valence-corrected chi connectivity index (χ0v) is 24.5. The van der Waals surface area contributed by atoms with E-state index in [0.29, 0.717) is 18.7 Å². The molecule has 0 aliphatic rings. The van der Waals surface area contributed by atoms with Crippen LogP contribution in [0.15, 0.2) is 72.8 Å². The van der Waals surface area contributed by atoms with Gasteiger partial charge in [0.15, 0.2) is 0 Å². The number of anilines is 1. The maximum Gasteiger partial charge on any atom is 0.244 e. The number of methoxy groups -OCH3 is 2. The van der Waals surface area contributed by atoms with Gasteiger partial charge in [-0.1, -0.05) is 55.5 Å². The van der Waals surface area contributed by atoms with E-state index >= 15 is 0 Å². The van der Waals surface area contributed by atoms with Crippen LogP contribution in [0.4, 0.5) is 10.1 Å². The standard InChI is InChI=1S/C30H36FN3O6S/c1-5-17-32-30(36)27(18-22-11-7-6-8-12-22)33(20-23-13-9-10-14-25(23)31)29(35)21-34(41(4,37)38)26-16-15-24(39-2)19-28(26)40-3/h6-16,19,27H,5,17-18,20-21H2,1-4H3,(H,32,36). The molecule has 0 spiro atoms. The quantitative estimate of drug-likeness (QED) is 0.309. The van der Waals surface area contributed by atoms with Gasteiger partial charge in [0.1, 0.15) is 29.9 Å². The predicted octanol–water partition coefficient (Wildman–Crippen LogP) is 3.78. The van der Waals surface area contributed by atoms with E-state index in [9.17, 15) is 22.4 Å². The first-order chi connectivity index (χ1) is 19.6. The third kappa shape index (κ3) is 8.43. The summed E-state index contributed by atoms with van der Waals surface area (Å²) in [7, 11) is -1.17. The van der Waals surface area contributed by atoms with Gasteiger partial charge in [0.05, 0.1) is 26.2 Å². The summed E-state index contributed by atoms with van der Waals surface area (Å²) in [6.45, 7) is 1.38. The van der Waals surface area contributed by atoms with Crippen molar-refractivity contribution in [1.29, 1.82) is 0 Å². The first kappa shape index (κ1) is 31.4. The zero-order chi connectivity index (χ0) is 30.0. The molecule has 220 valence electrons. The smallest absolute Gasteiger partial charge is 0.244 e. The average Bonchev–Trinajstić information content (AvgIpc) is 2.96. The van der Waals surface area contributed by atoms with Gasteiger partial charge in [0, 0.05) is 31.1 Å². The van der Waals surface area contributed by atoms with Gasteiger partial charge in [-0.2, -0.15) is 0 Å². The predicted molar refractivity (Wildman–Crippen MR) is 156 cm³/mol. The molecule has 0 aliphatic heterocycles. The molecular formula is C30H36FN3O6S. The Morgan fingerprint density at radius 2 is 1.66 bits per heavy atom. The summed E-state index contributed by atoms with van der Waals surface area (Å²) in [6.07, 6.45) is 1.78. The molecule has 1 unspecified atom stereocenters. The van der Waals surface area contributed by atoms with Crippen molar-refractivity contribution in [3.63, 3.8) is 0 Å². The second-order valence-corrected chi connectivity index (χ2v) is 11.3. The lowest BCUT2D eigenvalue weighted by Gasteiger charge is -2.33. The number of benzene rings is 3. The first-order valence-electron chi connectivity index (χ1n) is 13.1. The minimum Gasteiger partial charge on any atom is -0.497 e. The van der Waals surface area contributed by atoms with Crippen molar-refractivity contribution in [1.82, 2.24) is 10.2 Å². The minimum absolute atomic E-state index is 0.116. The molecule has 2 amide bonds. The molecule has 3 aromatic carbocycles. The summed E-state index contributed by atoms with van der Waals surface area (Å²) >= 11 is 0. The van der Waals surface area contributed by atoms with Crippen LogP contribution in [0.1, 0.15) is 24.5 Å². The lowest BCUT2D eigenvalue weighted by atomic mass is 10.0. The van der Waals surface area contributed by atoms with Crippen LogP contribution in [-0.4, -0.2) is 64.7 Å². The number of halogens is 1. The van der Waals surface area contributed by atoms with Crippen molar-refractivity contribution in [3.05, 3.63) is 89.7 Å². The van der Waals surface area contributed by atoms with Crippen LogP contribution in [0.3, 0.4) is 0 Å². The topological polar surface area (TPSA) is 105 Å². The number of ether oxygens (including phenoxy) is 2. The molecule has 41 heavy (non-hydrogen) atoms. The number of hydrogen-bond acceptors (Lipinski definition) is 6. The number of nitrogens with one attached hydrogen (secondary N) is 1.